The van der Waals surface area contributed by atoms with Gasteiger partial charge in [-0.15, -0.1) is 12.6 Å². The minimum atomic E-state index is -0.131. The maximum Gasteiger partial charge on any atom is 0.319 e. The molecule has 1 saturated carbocycles. The van der Waals surface area contributed by atoms with Gasteiger partial charge in [-0.3, -0.25) is 0 Å². The summed E-state index contributed by atoms with van der Waals surface area (Å²) in [5.41, 5.74) is 0.793. The van der Waals surface area contributed by atoms with Gasteiger partial charge in [0.2, 0.25) is 0 Å². The Morgan fingerprint density at radius 3 is 2.60 bits per heavy atom. The fourth-order valence-electron chi connectivity index (χ4n) is 1.28. The number of nitrogens with one attached hydrogen (secondary N) is 2. The van der Waals surface area contributed by atoms with Crippen LogP contribution in [0.15, 0.2) is 29.2 Å². The van der Waals surface area contributed by atoms with Crippen molar-refractivity contribution >= 4 is 24.3 Å². The van der Waals surface area contributed by atoms with Gasteiger partial charge in [0.25, 0.3) is 0 Å². The van der Waals surface area contributed by atoms with Crippen LogP contribution in [0, 0.1) is 5.92 Å². The van der Waals surface area contributed by atoms with E-state index in [0.29, 0.717) is 5.92 Å². The first-order chi connectivity index (χ1) is 7.24. The molecule has 0 spiro atoms. The van der Waals surface area contributed by atoms with Gasteiger partial charge in [-0.25, -0.2) is 4.79 Å². The van der Waals surface area contributed by atoms with E-state index in [2.05, 4.69) is 23.3 Å². The van der Waals surface area contributed by atoms with Gasteiger partial charge >= 0.3 is 6.03 Å². The number of rotatable bonds is 3. The van der Waals surface area contributed by atoms with Crippen LogP contribution in [0.25, 0.3) is 0 Å². The molecule has 1 aromatic carbocycles. The van der Waals surface area contributed by atoms with E-state index in [9.17, 15) is 4.79 Å². The van der Waals surface area contributed by atoms with Gasteiger partial charge in [-0.2, -0.15) is 0 Å². The molecule has 2 amide bonds. The van der Waals surface area contributed by atoms with Gasteiger partial charge in [0.1, 0.15) is 0 Å². The zero-order valence-electron chi connectivity index (χ0n) is 8.36. The quantitative estimate of drug-likeness (QED) is 0.676. The number of thiol groups is 1. The van der Waals surface area contributed by atoms with Crippen molar-refractivity contribution in [2.45, 2.75) is 17.7 Å². The maximum absolute atomic E-state index is 11.4. The molecule has 1 fully saturated rings. The molecule has 0 heterocycles. The van der Waals surface area contributed by atoms with Gasteiger partial charge in [0, 0.05) is 17.1 Å². The van der Waals surface area contributed by atoms with Crippen LogP contribution in [-0.2, 0) is 0 Å². The molecule has 0 unspecified atom stereocenters. The van der Waals surface area contributed by atoms with Gasteiger partial charge in [-0.05, 0) is 43.0 Å². The van der Waals surface area contributed by atoms with Gasteiger partial charge in [0.05, 0.1) is 0 Å². The molecule has 0 aliphatic heterocycles. The number of amides is 2. The molecule has 0 atom stereocenters. The first kappa shape index (κ1) is 10.4. The number of hydrogen-bond acceptors (Lipinski definition) is 2. The highest BCUT2D eigenvalue weighted by atomic mass is 32.1. The Morgan fingerprint density at radius 2 is 2.00 bits per heavy atom. The van der Waals surface area contributed by atoms with Crippen molar-refractivity contribution < 1.29 is 4.79 Å². The van der Waals surface area contributed by atoms with Crippen LogP contribution in [0.3, 0.4) is 0 Å². The van der Waals surface area contributed by atoms with Crippen LogP contribution in [0.4, 0.5) is 10.5 Å². The van der Waals surface area contributed by atoms with E-state index in [0.717, 1.165) is 17.1 Å². The number of anilines is 1. The topological polar surface area (TPSA) is 41.1 Å². The van der Waals surface area contributed by atoms with E-state index in [1.807, 2.05) is 24.3 Å². The normalized spacial score (nSPS) is 14.7. The Morgan fingerprint density at radius 1 is 1.33 bits per heavy atom. The lowest BCUT2D eigenvalue weighted by Crippen LogP contribution is -2.30. The minimum Gasteiger partial charge on any atom is -0.338 e. The Labute approximate surface area is 94.7 Å². The molecule has 2 rings (SSSR count). The van der Waals surface area contributed by atoms with Gasteiger partial charge < -0.3 is 10.6 Å². The Kier molecular flexibility index (Phi) is 3.16. The SMILES string of the molecule is O=C(NCC1CC1)Nc1ccc(S)cc1. The monoisotopic (exact) mass is 222 g/mol. The second kappa shape index (κ2) is 4.57. The molecule has 3 nitrogen and oxygen atoms in total. The molecule has 4 heteroatoms. The van der Waals surface area contributed by atoms with E-state index >= 15 is 0 Å². The first-order valence-corrected chi connectivity index (χ1v) is 5.52. The maximum atomic E-state index is 11.4. The van der Waals surface area contributed by atoms with Crippen molar-refractivity contribution in [1.82, 2.24) is 5.32 Å². The van der Waals surface area contributed by atoms with Crippen molar-refractivity contribution in [3.05, 3.63) is 24.3 Å². The standard InChI is InChI=1S/C11H14N2OS/c14-11(12-7-8-1-2-8)13-9-3-5-10(15)6-4-9/h3-6,8,15H,1-2,7H2,(H2,12,13,14). The van der Waals surface area contributed by atoms with E-state index in [1.54, 1.807) is 0 Å². The summed E-state index contributed by atoms with van der Waals surface area (Å²) in [5, 5.41) is 5.61. The Hall–Kier alpha value is -1.16. The molecule has 15 heavy (non-hydrogen) atoms. The summed E-state index contributed by atoms with van der Waals surface area (Å²) in [4.78, 5) is 12.3. The molecule has 1 aliphatic carbocycles. The second-order valence-corrected chi connectivity index (χ2v) is 4.34. The second-order valence-electron chi connectivity index (χ2n) is 3.83. The third-order valence-electron chi connectivity index (χ3n) is 2.37. The predicted molar refractivity (Wildman–Crippen MR) is 63.4 cm³/mol. The highest BCUT2D eigenvalue weighted by Crippen LogP contribution is 2.27. The van der Waals surface area contributed by atoms with Gasteiger partial charge in [0.15, 0.2) is 0 Å². The fraction of sp³-hybridized carbons (Fsp3) is 0.364. The lowest BCUT2D eigenvalue weighted by molar-refractivity contribution is 0.251. The molecular weight excluding hydrogens is 208 g/mol. The first-order valence-electron chi connectivity index (χ1n) is 5.08. The van der Waals surface area contributed by atoms with Crippen molar-refractivity contribution in [2.24, 2.45) is 5.92 Å². The summed E-state index contributed by atoms with van der Waals surface area (Å²) in [7, 11) is 0. The summed E-state index contributed by atoms with van der Waals surface area (Å²) in [6.07, 6.45) is 2.49. The minimum absolute atomic E-state index is 0.131. The average molecular weight is 222 g/mol. The van der Waals surface area contributed by atoms with Crippen LogP contribution in [0.1, 0.15) is 12.8 Å². The van der Waals surface area contributed by atoms with Crippen LogP contribution >= 0.6 is 12.6 Å². The van der Waals surface area contributed by atoms with E-state index in [4.69, 9.17) is 0 Å². The molecule has 1 aliphatic rings. The Bertz CT molecular complexity index is 346. The van der Waals surface area contributed by atoms with Crippen LogP contribution in [0.2, 0.25) is 0 Å². The lowest BCUT2D eigenvalue weighted by atomic mass is 10.3. The van der Waals surface area contributed by atoms with Crippen LogP contribution < -0.4 is 10.6 Å². The summed E-state index contributed by atoms with van der Waals surface area (Å²) < 4.78 is 0. The third-order valence-corrected chi connectivity index (χ3v) is 2.67. The molecular formula is C11H14N2OS. The fourth-order valence-corrected chi connectivity index (χ4v) is 1.43. The molecule has 80 valence electrons. The van der Waals surface area contributed by atoms with E-state index in [1.165, 1.54) is 12.8 Å². The summed E-state index contributed by atoms with van der Waals surface area (Å²) >= 11 is 4.17. The third kappa shape index (κ3) is 3.47. The smallest absolute Gasteiger partial charge is 0.319 e. The largest absolute Gasteiger partial charge is 0.338 e. The zero-order valence-corrected chi connectivity index (χ0v) is 9.26. The molecule has 1 aromatic rings. The van der Waals surface area contributed by atoms with Crippen molar-refractivity contribution in [3.63, 3.8) is 0 Å². The molecule has 0 aromatic heterocycles. The number of carbonyl (C=O) groups excluding carboxylic acids is 1. The highest BCUT2D eigenvalue weighted by Gasteiger charge is 2.21. The number of hydrogen-bond donors (Lipinski definition) is 3. The summed E-state index contributed by atoms with van der Waals surface area (Å²) in [5.74, 6) is 0.704. The summed E-state index contributed by atoms with van der Waals surface area (Å²) in [6.45, 7) is 0.788. The zero-order chi connectivity index (χ0) is 10.7. The lowest BCUT2D eigenvalue weighted by Gasteiger charge is -2.06. The summed E-state index contributed by atoms with van der Waals surface area (Å²) in [6, 6.07) is 7.23. The molecule has 0 saturated heterocycles. The highest BCUT2D eigenvalue weighted by molar-refractivity contribution is 7.80. The Balaban J connectivity index is 1.79. The van der Waals surface area contributed by atoms with E-state index < -0.39 is 0 Å². The van der Waals surface area contributed by atoms with Crippen molar-refractivity contribution in [2.75, 3.05) is 11.9 Å². The molecule has 2 N–H and O–H groups in total. The number of urea groups is 1. The molecule has 0 bridgehead atoms. The van der Waals surface area contributed by atoms with Crippen molar-refractivity contribution in [1.29, 1.82) is 0 Å². The predicted octanol–water partition coefficient (Wildman–Crippen LogP) is 2.51. The number of benzene rings is 1. The number of carbonyl (C=O) groups is 1. The van der Waals surface area contributed by atoms with Crippen molar-refractivity contribution in [3.8, 4) is 0 Å². The van der Waals surface area contributed by atoms with Gasteiger partial charge in [-0.1, -0.05) is 0 Å². The molecule has 0 radical (unpaired) electrons. The van der Waals surface area contributed by atoms with Crippen LogP contribution in [-0.4, -0.2) is 12.6 Å². The van der Waals surface area contributed by atoms with E-state index in [-0.39, 0.29) is 6.03 Å². The van der Waals surface area contributed by atoms with Crippen LogP contribution in [0.5, 0.6) is 0 Å². The average Bonchev–Trinajstić information content (AvgIpc) is 3.02.